The second kappa shape index (κ2) is 5.93. The summed E-state index contributed by atoms with van der Waals surface area (Å²) in [7, 11) is 1.56. The van der Waals surface area contributed by atoms with Crippen LogP contribution in [0.25, 0.3) is 0 Å². The Morgan fingerprint density at radius 3 is 3.07 bits per heavy atom. The van der Waals surface area contributed by atoms with Crippen molar-refractivity contribution >= 4 is 5.82 Å². The van der Waals surface area contributed by atoms with Crippen LogP contribution in [0.1, 0.15) is 0 Å². The van der Waals surface area contributed by atoms with Gasteiger partial charge in [0.2, 0.25) is 5.88 Å². The Bertz CT molecular complexity index is 301. The smallest absolute Gasteiger partial charge is 0.233 e. The van der Waals surface area contributed by atoms with Crippen molar-refractivity contribution < 1.29 is 4.74 Å². The zero-order valence-electron chi connectivity index (χ0n) is 8.10. The van der Waals surface area contributed by atoms with Crippen molar-refractivity contribution in [2.75, 3.05) is 25.5 Å². The molecule has 1 aromatic heterocycles. The maximum absolute atomic E-state index is 5.29. The Morgan fingerprint density at radius 2 is 2.36 bits per heavy atom. The van der Waals surface area contributed by atoms with Gasteiger partial charge in [-0.2, -0.15) is 4.98 Å². The summed E-state index contributed by atoms with van der Waals surface area (Å²) in [6.07, 6.45) is 7.00. The number of hydrogen-bond acceptors (Lipinski definition) is 5. The van der Waals surface area contributed by atoms with E-state index >= 15 is 0 Å². The summed E-state index contributed by atoms with van der Waals surface area (Å²) in [6.45, 7) is 1.23. The van der Waals surface area contributed by atoms with Crippen LogP contribution in [0.5, 0.6) is 5.88 Å². The lowest BCUT2D eigenvalue weighted by atomic mass is 10.5. The van der Waals surface area contributed by atoms with Gasteiger partial charge in [-0.25, -0.2) is 0 Å². The molecule has 5 nitrogen and oxygen atoms in total. The highest BCUT2D eigenvalue weighted by Crippen LogP contribution is 2.07. The predicted molar refractivity (Wildman–Crippen MR) is 55.3 cm³/mol. The molecule has 0 bridgehead atoms. The van der Waals surface area contributed by atoms with E-state index in [0.29, 0.717) is 24.8 Å². The molecule has 0 atom stereocenters. The predicted octanol–water partition coefficient (Wildman–Crippen LogP) is 0.412. The van der Waals surface area contributed by atoms with E-state index in [1.165, 1.54) is 0 Å². The molecule has 0 radical (unpaired) electrons. The van der Waals surface area contributed by atoms with Crippen molar-refractivity contribution in [3.63, 3.8) is 0 Å². The zero-order chi connectivity index (χ0) is 10.2. The summed E-state index contributed by atoms with van der Waals surface area (Å²) in [5.41, 5.74) is 5.29. The molecular formula is C9H14N4O. The van der Waals surface area contributed by atoms with Crippen LogP contribution in [-0.4, -0.2) is 30.2 Å². The summed E-state index contributed by atoms with van der Waals surface area (Å²) in [6, 6.07) is 0. The largest absolute Gasteiger partial charge is 0.480 e. The number of methoxy groups -OCH3 is 1. The van der Waals surface area contributed by atoms with Crippen LogP contribution in [0, 0.1) is 0 Å². The highest BCUT2D eigenvalue weighted by Gasteiger charge is 1.95. The number of ether oxygens (including phenoxy) is 1. The first kappa shape index (κ1) is 10.5. The van der Waals surface area contributed by atoms with Gasteiger partial charge in [-0.15, -0.1) is 0 Å². The number of nitrogens with one attached hydrogen (secondary N) is 1. The molecule has 0 fully saturated rings. The van der Waals surface area contributed by atoms with Crippen LogP contribution in [0.3, 0.4) is 0 Å². The number of rotatable bonds is 5. The fraction of sp³-hybridized carbons (Fsp3) is 0.333. The summed E-state index contributed by atoms with van der Waals surface area (Å²) >= 11 is 0. The van der Waals surface area contributed by atoms with Gasteiger partial charge in [0.25, 0.3) is 0 Å². The monoisotopic (exact) mass is 194 g/mol. The first-order valence-electron chi connectivity index (χ1n) is 4.31. The van der Waals surface area contributed by atoms with Gasteiger partial charge < -0.3 is 15.8 Å². The molecule has 0 spiro atoms. The second-order valence-electron chi connectivity index (χ2n) is 2.53. The molecule has 0 aliphatic carbocycles. The zero-order valence-corrected chi connectivity index (χ0v) is 8.10. The van der Waals surface area contributed by atoms with Gasteiger partial charge in [-0.3, -0.25) is 4.98 Å². The topological polar surface area (TPSA) is 73.1 Å². The molecule has 0 aromatic carbocycles. The Balaban J connectivity index is 2.46. The fourth-order valence-electron chi connectivity index (χ4n) is 0.875. The molecular weight excluding hydrogens is 180 g/mol. The van der Waals surface area contributed by atoms with E-state index < -0.39 is 0 Å². The number of hydrogen-bond donors (Lipinski definition) is 2. The molecule has 76 valence electrons. The lowest BCUT2D eigenvalue weighted by Crippen LogP contribution is -2.03. The van der Waals surface area contributed by atoms with Crippen molar-refractivity contribution in [1.29, 1.82) is 0 Å². The number of aromatic nitrogens is 2. The standard InChI is InChI=1S/C9H14N4O/c1-14-9-7-11-6-8(13-9)12-5-3-2-4-10/h2-3,6-7H,4-5,10H2,1H3,(H,12,13)/b3-2+. The summed E-state index contributed by atoms with van der Waals surface area (Å²) < 4.78 is 4.93. The third-order valence-electron chi connectivity index (χ3n) is 1.53. The van der Waals surface area contributed by atoms with E-state index in [0.717, 1.165) is 0 Å². The molecule has 0 unspecified atom stereocenters. The van der Waals surface area contributed by atoms with Crippen molar-refractivity contribution in [1.82, 2.24) is 9.97 Å². The molecule has 1 rings (SSSR count). The van der Waals surface area contributed by atoms with E-state index in [1.807, 2.05) is 12.2 Å². The number of nitrogens with zero attached hydrogens (tertiary/aromatic N) is 2. The lowest BCUT2D eigenvalue weighted by molar-refractivity contribution is 0.396. The second-order valence-corrected chi connectivity index (χ2v) is 2.53. The highest BCUT2D eigenvalue weighted by atomic mass is 16.5. The van der Waals surface area contributed by atoms with E-state index in [4.69, 9.17) is 10.5 Å². The lowest BCUT2D eigenvalue weighted by Gasteiger charge is -2.03. The third kappa shape index (κ3) is 3.40. The molecule has 0 saturated heterocycles. The first-order chi connectivity index (χ1) is 6.86. The SMILES string of the molecule is COc1cncc(NC/C=C/CN)n1. The molecule has 0 aliphatic heterocycles. The summed E-state index contributed by atoms with van der Waals surface area (Å²) in [4.78, 5) is 8.08. The molecule has 14 heavy (non-hydrogen) atoms. The molecule has 5 heteroatoms. The van der Waals surface area contributed by atoms with Crippen molar-refractivity contribution in [2.24, 2.45) is 5.73 Å². The molecule has 0 amide bonds. The van der Waals surface area contributed by atoms with E-state index in [9.17, 15) is 0 Å². The van der Waals surface area contributed by atoms with Crippen LogP contribution in [0.4, 0.5) is 5.82 Å². The van der Waals surface area contributed by atoms with Gasteiger partial charge in [0.15, 0.2) is 0 Å². The Kier molecular flexibility index (Phi) is 4.43. The van der Waals surface area contributed by atoms with Gasteiger partial charge >= 0.3 is 0 Å². The molecule has 1 aromatic rings. The van der Waals surface area contributed by atoms with E-state index in [2.05, 4.69) is 15.3 Å². The Labute approximate surface area is 83.0 Å². The third-order valence-corrected chi connectivity index (χ3v) is 1.53. The van der Waals surface area contributed by atoms with Gasteiger partial charge in [-0.1, -0.05) is 12.2 Å². The van der Waals surface area contributed by atoms with Crippen LogP contribution in [0.2, 0.25) is 0 Å². The van der Waals surface area contributed by atoms with Crippen LogP contribution in [0.15, 0.2) is 24.5 Å². The normalized spacial score (nSPS) is 10.4. The average Bonchev–Trinajstić information content (AvgIpc) is 2.25. The minimum absolute atomic E-state index is 0.498. The van der Waals surface area contributed by atoms with Crippen molar-refractivity contribution in [2.45, 2.75) is 0 Å². The maximum atomic E-state index is 5.29. The Hall–Kier alpha value is -1.62. The Morgan fingerprint density at radius 1 is 1.50 bits per heavy atom. The molecule has 1 heterocycles. The van der Waals surface area contributed by atoms with Gasteiger partial charge in [0, 0.05) is 13.1 Å². The quantitative estimate of drug-likeness (QED) is 0.664. The maximum Gasteiger partial charge on any atom is 0.233 e. The van der Waals surface area contributed by atoms with Gasteiger partial charge in [0.1, 0.15) is 5.82 Å². The van der Waals surface area contributed by atoms with Crippen molar-refractivity contribution in [3.8, 4) is 5.88 Å². The average molecular weight is 194 g/mol. The minimum atomic E-state index is 0.498. The number of nitrogens with two attached hydrogens (primary N) is 1. The van der Waals surface area contributed by atoms with Crippen molar-refractivity contribution in [3.05, 3.63) is 24.5 Å². The van der Waals surface area contributed by atoms with E-state index in [-0.39, 0.29) is 0 Å². The van der Waals surface area contributed by atoms with E-state index in [1.54, 1.807) is 19.5 Å². The van der Waals surface area contributed by atoms with Gasteiger partial charge in [0.05, 0.1) is 19.5 Å². The van der Waals surface area contributed by atoms with Gasteiger partial charge in [-0.05, 0) is 0 Å². The first-order valence-corrected chi connectivity index (χ1v) is 4.31. The molecule has 3 N–H and O–H groups in total. The summed E-state index contributed by atoms with van der Waals surface area (Å²) in [5, 5.41) is 3.06. The molecule has 0 aliphatic rings. The summed E-state index contributed by atoms with van der Waals surface area (Å²) in [5.74, 6) is 1.18. The van der Waals surface area contributed by atoms with Crippen LogP contribution >= 0.6 is 0 Å². The van der Waals surface area contributed by atoms with Crippen LogP contribution in [-0.2, 0) is 0 Å². The fourth-order valence-corrected chi connectivity index (χ4v) is 0.875. The van der Waals surface area contributed by atoms with Crippen LogP contribution < -0.4 is 15.8 Å². The highest BCUT2D eigenvalue weighted by molar-refractivity contribution is 5.33. The molecule has 0 saturated carbocycles. The number of anilines is 1. The minimum Gasteiger partial charge on any atom is -0.480 e.